The molecule has 3 aromatic rings. The number of rotatable bonds is 4. The first-order valence-corrected chi connectivity index (χ1v) is 9.40. The lowest BCUT2D eigenvalue weighted by molar-refractivity contribution is -0.117. The summed E-state index contributed by atoms with van der Waals surface area (Å²) in [6, 6.07) is 6.00. The largest absolute Gasteiger partial charge is 0.398 e. The Labute approximate surface area is 159 Å². The molecular formula is C22H24N4O. The SMILES string of the molecule is CC[C@@H]1C[C@H]1C(=O)Nc1cc2cc(-c3cnccc3C)c(C)c(N)c2cn1. The van der Waals surface area contributed by atoms with E-state index >= 15 is 0 Å². The van der Waals surface area contributed by atoms with Gasteiger partial charge in [0, 0.05) is 41.1 Å². The lowest BCUT2D eigenvalue weighted by atomic mass is 9.94. The van der Waals surface area contributed by atoms with Crippen molar-refractivity contribution in [3.63, 3.8) is 0 Å². The number of nitrogens with zero attached hydrogens (tertiary/aromatic N) is 2. The summed E-state index contributed by atoms with van der Waals surface area (Å²) in [4.78, 5) is 21.0. The highest BCUT2D eigenvalue weighted by atomic mass is 16.2. The Kier molecular flexibility index (Phi) is 4.30. The van der Waals surface area contributed by atoms with Gasteiger partial charge in [0.15, 0.2) is 0 Å². The highest BCUT2D eigenvalue weighted by Crippen LogP contribution is 2.42. The number of aromatic nitrogens is 2. The summed E-state index contributed by atoms with van der Waals surface area (Å²) in [5.41, 5.74) is 11.4. The third kappa shape index (κ3) is 3.14. The molecule has 1 fully saturated rings. The van der Waals surface area contributed by atoms with E-state index in [1.165, 1.54) is 0 Å². The zero-order valence-corrected chi connectivity index (χ0v) is 15.9. The first-order valence-electron chi connectivity index (χ1n) is 9.40. The third-order valence-electron chi connectivity index (χ3n) is 5.70. The Morgan fingerprint density at radius 2 is 2.07 bits per heavy atom. The molecule has 2 aromatic heterocycles. The predicted molar refractivity (Wildman–Crippen MR) is 109 cm³/mol. The van der Waals surface area contributed by atoms with E-state index < -0.39 is 0 Å². The average Bonchev–Trinajstić information content (AvgIpc) is 3.45. The molecule has 1 amide bonds. The van der Waals surface area contributed by atoms with E-state index in [-0.39, 0.29) is 11.8 Å². The highest BCUT2D eigenvalue weighted by Gasteiger charge is 2.41. The van der Waals surface area contributed by atoms with E-state index in [1.807, 2.05) is 25.3 Å². The van der Waals surface area contributed by atoms with Gasteiger partial charge in [-0.05, 0) is 66.5 Å². The Morgan fingerprint density at radius 1 is 1.26 bits per heavy atom. The number of aryl methyl sites for hydroxylation is 1. The summed E-state index contributed by atoms with van der Waals surface area (Å²) in [5, 5.41) is 4.82. The van der Waals surface area contributed by atoms with Gasteiger partial charge in [-0.25, -0.2) is 4.98 Å². The van der Waals surface area contributed by atoms with Gasteiger partial charge in [-0.15, -0.1) is 0 Å². The standard InChI is InChI=1S/C22H24N4O/c1-4-14-7-17(14)22(27)26-20-9-15-8-16(18-10-24-6-5-12(18)2)13(3)21(23)19(15)11-25-20/h5-6,8-11,14,17H,4,7,23H2,1-3H3,(H,25,26,27)/t14-,17-/m1/s1. The zero-order valence-electron chi connectivity index (χ0n) is 15.9. The smallest absolute Gasteiger partial charge is 0.228 e. The average molecular weight is 360 g/mol. The van der Waals surface area contributed by atoms with Gasteiger partial charge in [0.25, 0.3) is 0 Å². The molecule has 0 aliphatic heterocycles. The topological polar surface area (TPSA) is 80.9 Å². The van der Waals surface area contributed by atoms with Gasteiger partial charge >= 0.3 is 0 Å². The van der Waals surface area contributed by atoms with Crippen LogP contribution in [0.4, 0.5) is 11.5 Å². The maximum atomic E-state index is 12.4. The summed E-state index contributed by atoms with van der Waals surface area (Å²) in [6.45, 7) is 6.21. The molecule has 0 radical (unpaired) electrons. The second-order valence-electron chi connectivity index (χ2n) is 7.44. The molecule has 0 saturated heterocycles. The molecule has 27 heavy (non-hydrogen) atoms. The van der Waals surface area contributed by atoms with Gasteiger partial charge in [-0.1, -0.05) is 13.3 Å². The molecule has 0 bridgehead atoms. The van der Waals surface area contributed by atoms with E-state index in [0.717, 1.165) is 45.9 Å². The number of carbonyl (C=O) groups excluding carboxylic acids is 1. The summed E-state index contributed by atoms with van der Waals surface area (Å²) < 4.78 is 0. The van der Waals surface area contributed by atoms with E-state index in [2.05, 4.69) is 35.2 Å². The Bertz CT molecular complexity index is 1040. The summed E-state index contributed by atoms with van der Waals surface area (Å²) in [5.74, 6) is 1.29. The molecule has 138 valence electrons. The molecule has 1 aromatic carbocycles. The van der Waals surface area contributed by atoms with Crippen LogP contribution in [0.15, 0.2) is 36.8 Å². The van der Waals surface area contributed by atoms with Gasteiger partial charge in [-0.2, -0.15) is 0 Å². The van der Waals surface area contributed by atoms with Crippen LogP contribution < -0.4 is 11.1 Å². The second-order valence-corrected chi connectivity index (χ2v) is 7.44. The number of anilines is 2. The molecule has 1 aliphatic rings. The molecule has 0 unspecified atom stereocenters. The fourth-order valence-corrected chi connectivity index (χ4v) is 3.76. The van der Waals surface area contributed by atoms with Crippen molar-refractivity contribution in [1.82, 2.24) is 9.97 Å². The number of hydrogen-bond acceptors (Lipinski definition) is 4. The molecular weight excluding hydrogens is 336 g/mol. The first-order chi connectivity index (χ1) is 13.0. The van der Waals surface area contributed by atoms with Gasteiger partial charge < -0.3 is 11.1 Å². The molecule has 4 rings (SSSR count). The van der Waals surface area contributed by atoms with Crippen molar-refractivity contribution in [1.29, 1.82) is 0 Å². The van der Waals surface area contributed by atoms with Gasteiger partial charge in [-0.3, -0.25) is 9.78 Å². The van der Waals surface area contributed by atoms with Crippen molar-refractivity contribution in [2.75, 3.05) is 11.1 Å². The van der Waals surface area contributed by atoms with Crippen molar-refractivity contribution in [2.45, 2.75) is 33.6 Å². The van der Waals surface area contributed by atoms with Crippen molar-refractivity contribution in [3.8, 4) is 11.1 Å². The van der Waals surface area contributed by atoms with Crippen molar-refractivity contribution >= 4 is 28.2 Å². The third-order valence-corrected chi connectivity index (χ3v) is 5.70. The number of nitrogen functional groups attached to an aromatic ring is 1. The number of hydrogen-bond donors (Lipinski definition) is 2. The first kappa shape index (κ1) is 17.5. The van der Waals surface area contributed by atoms with Crippen LogP contribution in [0.1, 0.15) is 30.9 Å². The molecule has 1 saturated carbocycles. The van der Waals surface area contributed by atoms with E-state index in [0.29, 0.717) is 17.4 Å². The summed E-state index contributed by atoms with van der Waals surface area (Å²) >= 11 is 0. The molecule has 0 spiro atoms. The molecule has 3 N–H and O–H groups in total. The second kappa shape index (κ2) is 6.65. The van der Waals surface area contributed by atoms with E-state index in [9.17, 15) is 4.79 Å². The quantitative estimate of drug-likeness (QED) is 0.672. The van der Waals surface area contributed by atoms with Crippen LogP contribution in [0.2, 0.25) is 0 Å². The van der Waals surface area contributed by atoms with Crippen LogP contribution >= 0.6 is 0 Å². The van der Waals surface area contributed by atoms with Crippen LogP contribution in [0.3, 0.4) is 0 Å². The molecule has 1 aliphatic carbocycles. The summed E-state index contributed by atoms with van der Waals surface area (Å²) in [7, 11) is 0. The molecule has 2 heterocycles. The Morgan fingerprint density at radius 3 is 2.78 bits per heavy atom. The minimum absolute atomic E-state index is 0.0668. The van der Waals surface area contributed by atoms with Crippen molar-refractivity contribution < 1.29 is 4.79 Å². The number of pyridine rings is 2. The van der Waals surface area contributed by atoms with Crippen LogP contribution in [-0.4, -0.2) is 15.9 Å². The number of nitrogens with two attached hydrogens (primary N) is 1. The lowest BCUT2D eigenvalue weighted by Crippen LogP contribution is -2.15. The van der Waals surface area contributed by atoms with Gasteiger partial charge in [0.1, 0.15) is 5.82 Å². The van der Waals surface area contributed by atoms with Crippen molar-refractivity contribution in [3.05, 3.63) is 47.9 Å². The zero-order chi connectivity index (χ0) is 19.1. The van der Waals surface area contributed by atoms with Crippen molar-refractivity contribution in [2.24, 2.45) is 11.8 Å². The van der Waals surface area contributed by atoms with E-state index in [1.54, 1.807) is 12.4 Å². The lowest BCUT2D eigenvalue weighted by Gasteiger charge is -2.14. The van der Waals surface area contributed by atoms with Crippen LogP contribution in [0, 0.1) is 25.7 Å². The van der Waals surface area contributed by atoms with Crippen LogP contribution in [0.5, 0.6) is 0 Å². The number of carbonyl (C=O) groups is 1. The van der Waals surface area contributed by atoms with Gasteiger partial charge in [0.05, 0.1) is 0 Å². The number of fused-ring (bicyclic) bond motifs is 1. The Balaban J connectivity index is 1.73. The molecule has 2 atom stereocenters. The summed E-state index contributed by atoms with van der Waals surface area (Å²) in [6.07, 6.45) is 7.43. The number of nitrogens with one attached hydrogen (secondary N) is 1. The molecule has 5 heteroatoms. The molecule has 5 nitrogen and oxygen atoms in total. The van der Waals surface area contributed by atoms with Crippen LogP contribution in [0.25, 0.3) is 21.9 Å². The number of benzene rings is 1. The normalized spacial score (nSPS) is 18.5. The monoisotopic (exact) mass is 360 g/mol. The highest BCUT2D eigenvalue weighted by molar-refractivity contribution is 6.01. The fraction of sp³-hybridized carbons (Fsp3) is 0.318. The minimum Gasteiger partial charge on any atom is -0.398 e. The number of amides is 1. The maximum absolute atomic E-state index is 12.4. The minimum atomic E-state index is 0.0668. The predicted octanol–water partition coefficient (Wildman–Crippen LogP) is 4.48. The van der Waals surface area contributed by atoms with Gasteiger partial charge in [0.2, 0.25) is 5.91 Å². The van der Waals surface area contributed by atoms with E-state index in [4.69, 9.17) is 5.73 Å². The van der Waals surface area contributed by atoms with Crippen LogP contribution in [-0.2, 0) is 4.79 Å². The maximum Gasteiger partial charge on any atom is 0.228 e. The Hall–Kier alpha value is -2.95. The fourth-order valence-electron chi connectivity index (χ4n) is 3.76.